The number of aromatic nitrogens is 4. The largest absolute Gasteiger partial charge is 0.481 e. The SMILES string of the molecule is Cn1nnc(CN2CC(C(=O)O)CC2=O)n1. The van der Waals surface area contributed by atoms with E-state index in [1.54, 1.807) is 7.05 Å². The van der Waals surface area contributed by atoms with Crippen molar-refractivity contribution in [3.63, 3.8) is 0 Å². The minimum Gasteiger partial charge on any atom is -0.481 e. The third-order valence-corrected chi connectivity index (χ3v) is 2.45. The lowest BCUT2D eigenvalue weighted by Crippen LogP contribution is -2.26. The maximum Gasteiger partial charge on any atom is 0.308 e. The van der Waals surface area contributed by atoms with Gasteiger partial charge in [-0.25, -0.2) is 0 Å². The van der Waals surface area contributed by atoms with Crippen molar-refractivity contribution in [2.45, 2.75) is 13.0 Å². The minimum absolute atomic E-state index is 0.0512. The number of amides is 1. The van der Waals surface area contributed by atoms with Crippen LogP contribution in [0, 0.1) is 5.92 Å². The molecule has 0 aromatic carbocycles. The van der Waals surface area contributed by atoms with E-state index in [9.17, 15) is 9.59 Å². The van der Waals surface area contributed by atoms with E-state index in [0.29, 0.717) is 5.82 Å². The molecule has 1 unspecified atom stereocenters. The third-order valence-electron chi connectivity index (χ3n) is 2.45. The van der Waals surface area contributed by atoms with E-state index in [1.165, 1.54) is 9.70 Å². The lowest BCUT2D eigenvalue weighted by molar-refractivity contribution is -0.141. The monoisotopic (exact) mass is 225 g/mol. The summed E-state index contributed by atoms with van der Waals surface area (Å²) >= 11 is 0. The predicted octanol–water partition coefficient (Wildman–Crippen LogP) is -1.36. The predicted molar refractivity (Wildman–Crippen MR) is 50.0 cm³/mol. The van der Waals surface area contributed by atoms with Crippen molar-refractivity contribution in [1.82, 2.24) is 25.1 Å². The molecule has 1 aliphatic rings. The molecule has 0 radical (unpaired) electrons. The van der Waals surface area contributed by atoms with Crippen molar-refractivity contribution in [3.05, 3.63) is 5.82 Å². The summed E-state index contributed by atoms with van der Waals surface area (Å²) in [7, 11) is 1.63. The van der Waals surface area contributed by atoms with Gasteiger partial charge in [-0.3, -0.25) is 9.59 Å². The number of hydrogen-bond acceptors (Lipinski definition) is 5. The maximum absolute atomic E-state index is 11.5. The quantitative estimate of drug-likeness (QED) is 0.682. The highest BCUT2D eigenvalue weighted by Gasteiger charge is 2.34. The molecule has 8 heteroatoms. The van der Waals surface area contributed by atoms with Gasteiger partial charge in [0, 0.05) is 13.0 Å². The van der Waals surface area contributed by atoms with Crippen molar-refractivity contribution >= 4 is 11.9 Å². The molecule has 2 rings (SSSR count). The number of tetrazole rings is 1. The number of carbonyl (C=O) groups is 2. The second-order valence-electron chi connectivity index (χ2n) is 3.71. The van der Waals surface area contributed by atoms with E-state index in [-0.39, 0.29) is 25.4 Å². The van der Waals surface area contributed by atoms with Crippen LogP contribution in [0.4, 0.5) is 0 Å². The van der Waals surface area contributed by atoms with Crippen molar-refractivity contribution in [2.75, 3.05) is 6.54 Å². The van der Waals surface area contributed by atoms with Crippen LogP contribution in [-0.2, 0) is 23.2 Å². The molecule has 1 fully saturated rings. The van der Waals surface area contributed by atoms with E-state index in [1.807, 2.05) is 0 Å². The molecule has 0 aliphatic carbocycles. The molecule has 1 saturated heterocycles. The second-order valence-corrected chi connectivity index (χ2v) is 3.71. The first-order valence-corrected chi connectivity index (χ1v) is 4.79. The van der Waals surface area contributed by atoms with Gasteiger partial charge in [0.2, 0.25) is 5.91 Å². The maximum atomic E-state index is 11.5. The molecular formula is C8H11N5O3. The van der Waals surface area contributed by atoms with Crippen molar-refractivity contribution < 1.29 is 14.7 Å². The van der Waals surface area contributed by atoms with E-state index < -0.39 is 11.9 Å². The van der Waals surface area contributed by atoms with Crippen LogP contribution in [0.2, 0.25) is 0 Å². The van der Waals surface area contributed by atoms with Crippen LogP contribution in [0.1, 0.15) is 12.2 Å². The minimum atomic E-state index is -0.942. The summed E-state index contributed by atoms with van der Waals surface area (Å²) in [6, 6.07) is 0. The Hall–Kier alpha value is -1.99. The van der Waals surface area contributed by atoms with Crippen molar-refractivity contribution in [3.8, 4) is 0 Å². The molecule has 1 aromatic heterocycles. The number of likely N-dealkylation sites (tertiary alicyclic amines) is 1. The summed E-state index contributed by atoms with van der Waals surface area (Å²) in [6.07, 6.45) is 0.0512. The molecule has 1 atom stereocenters. The number of carbonyl (C=O) groups excluding carboxylic acids is 1. The van der Waals surface area contributed by atoms with Crippen LogP contribution in [0.15, 0.2) is 0 Å². The van der Waals surface area contributed by atoms with Gasteiger partial charge in [0.15, 0.2) is 5.82 Å². The molecule has 0 bridgehead atoms. The molecule has 8 nitrogen and oxygen atoms in total. The van der Waals surface area contributed by atoms with Crippen molar-refractivity contribution in [1.29, 1.82) is 0 Å². The average Bonchev–Trinajstić information content (AvgIpc) is 2.75. The molecule has 86 valence electrons. The molecule has 0 saturated carbocycles. The Morgan fingerprint density at radius 1 is 1.62 bits per heavy atom. The normalized spacial score (nSPS) is 20.4. The van der Waals surface area contributed by atoms with Gasteiger partial charge in [0.25, 0.3) is 0 Å². The Morgan fingerprint density at radius 3 is 2.88 bits per heavy atom. The number of carboxylic acid groups (broad SMARTS) is 1. The average molecular weight is 225 g/mol. The van der Waals surface area contributed by atoms with Gasteiger partial charge in [-0.2, -0.15) is 4.80 Å². The fourth-order valence-corrected chi connectivity index (χ4v) is 1.65. The van der Waals surface area contributed by atoms with Crippen LogP contribution in [0.3, 0.4) is 0 Å². The van der Waals surface area contributed by atoms with Gasteiger partial charge in [0.05, 0.1) is 19.5 Å². The van der Waals surface area contributed by atoms with E-state index >= 15 is 0 Å². The van der Waals surface area contributed by atoms with Crippen LogP contribution in [-0.4, -0.2) is 48.6 Å². The number of aryl methyl sites for hydroxylation is 1. The topological polar surface area (TPSA) is 101 Å². The van der Waals surface area contributed by atoms with Crippen LogP contribution in [0.25, 0.3) is 0 Å². The number of hydrogen-bond donors (Lipinski definition) is 1. The number of aliphatic carboxylic acids is 1. The first-order chi connectivity index (χ1) is 7.56. The van der Waals surface area contributed by atoms with Gasteiger partial charge in [-0.1, -0.05) is 0 Å². The zero-order valence-electron chi connectivity index (χ0n) is 8.70. The smallest absolute Gasteiger partial charge is 0.308 e. The van der Waals surface area contributed by atoms with Gasteiger partial charge < -0.3 is 10.0 Å². The highest BCUT2D eigenvalue weighted by Crippen LogP contribution is 2.18. The Balaban J connectivity index is 2.01. The Bertz CT molecular complexity index is 429. The van der Waals surface area contributed by atoms with Crippen molar-refractivity contribution in [2.24, 2.45) is 13.0 Å². The summed E-state index contributed by atoms with van der Waals surface area (Å²) in [5.41, 5.74) is 0. The number of rotatable bonds is 3. The van der Waals surface area contributed by atoms with Gasteiger partial charge in [0.1, 0.15) is 0 Å². The molecular weight excluding hydrogens is 214 g/mol. The zero-order chi connectivity index (χ0) is 11.7. The number of carboxylic acids is 1. The standard InChI is InChI=1S/C8H11N5O3/c1-12-10-6(9-11-12)4-13-3-5(8(15)16)2-7(13)14/h5H,2-4H2,1H3,(H,15,16). The zero-order valence-corrected chi connectivity index (χ0v) is 8.70. The second kappa shape index (κ2) is 3.87. The van der Waals surface area contributed by atoms with E-state index in [4.69, 9.17) is 5.11 Å². The fourth-order valence-electron chi connectivity index (χ4n) is 1.65. The molecule has 1 aromatic rings. The fraction of sp³-hybridized carbons (Fsp3) is 0.625. The van der Waals surface area contributed by atoms with Gasteiger partial charge >= 0.3 is 5.97 Å². The Labute approximate surface area is 90.8 Å². The van der Waals surface area contributed by atoms with E-state index in [0.717, 1.165) is 0 Å². The first-order valence-electron chi connectivity index (χ1n) is 4.79. The van der Waals surface area contributed by atoms with Gasteiger partial charge in [-0.15, -0.1) is 10.2 Å². The summed E-state index contributed by atoms with van der Waals surface area (Å²) in [5, 5.41) is 20.1. The lowest BCUT2D eigenvalue weighted by atomic mass is 10.1. The van der Waals surface area contributed by atoms with Crippen LogP contribution >= 0.6 is 0 Å². The molecule has 0 spiro atoms. The molecule has 2 heterocycles. The third kappa shape index (κ3) is 2.00. The lowest BCUT2D eigenvalue weighted by Gasteiger charge is -2.12. The first kappa shape index (κ1) is 10.5. The Morgan fingerprint density at radius 2 is 2.38 bits per heavy atom. The van der Waals surface area contributed by atoms with Crippen LogP contribution < -0.4 is 0 Å². The molecule has 16 heavy (non-hydrogen) atoms. The molecule has 1 amide bonds. The highest BCUT2D eigenvalue weighted by molar-refractivity contribution is 5.85. The molecule has 1 aliphatic heterocycles. The Kier molecular flexibility index (Phi) is 2.55. The molecule has 1 N–H and O–H groups in total. The van der Waals surface area contributed by atoms with Crippen LogP contribution in [0.5, 0.6) is 0 Å². The summed E-state index contributed by atoms with van der Waals surface area (Å²) in [6.45, 7) is 0.433. The van der Waals surface area contributed by atoms with Gasteiger partial charge in [-0.05, 0) is 5.21 Å². The van der Waals surface area contributed by atoms with E-state index in [2.05, 4.69) is 15.4 Å². The number of nitrogens with zero attached hydrogens (tertiary/aromatic N) is 5. The summed E-state index contributed by atoms with van der Waals surface area (Å²) in [4.78, 5) is 24.9. The highest BCUT2D eigenvalue weighted by atomic mass is 16.4. The summed E-state index contributed by atoms with van der Waals surface area (Å²) < 4.78 is 0. The summed E-state index contributed by atoms with van der Waals surface area (Å²) in [5.74, 6) is -1.33.